The lowest BCUT2D eigenvalue weighted by Crippen LogP contribution is -2.31. The lowest BCUT2D eigenvalue weighted by molar-refractivity contribution is 0.171. The number of rotatable bonds is 6. The van der Waals surface area contributed by atoms with Gasteiger partial charge < -0.3 is 20.1 Å². The number of ether oxygens (including phenoxy) is 2. The third-order valence-electron chi connectivity index (χ3n) is 2.79. The average Bonchev–Trinajstić information content (AvgIpc) is 2.38. The summed E-state index contributed by atoms with van der Waals surface area (Å²) in [5.41, 5.74) is 1.23. The van der Waals surface area contributed by atoms with E-state index < -0.39 is 0 Å². The molecule has 1 aliphatic heterocycles. The molecule has 0 bridgehead atoms. The molecule has 4 nitrogen and oxygen atoms in total. The van der Waals surface area contributed by atoms with E-state index >= 15 is 0 Å². The van der Waals surface area contributed by atoms with Crippen molar-refractivity contribution in [2.24, 2.45) is 0 Å². The van der Waals surface area contributed by atoms with E-state index in [2.05, 4.69) is 36.6 Å². The lowest BCUT2D eigenvalue weighted by Gasteiger charge is -2.19. The summed E-state index contributed by atoms with van der Waals surface area (Å²) in [6, 6.07) is 6.66. The first-order chi connectivity index (χ1) is 8.75. The SMILES string of the molecule is CC(C)NCCNCc1ccc2c(c1)OCCO2. The molecule has 0 saturated carbocycles. The average molecular weight is 250 g/mol. The van der Waals surface area contributed by atoms with Crippen molar-refractivity contribution < 1.29 is 9.47 Å². The first-order valence-corrected chi connectivity index (χ1v) is 6.58. The second-order valence-electron chi connectivity index (χ2n) is 4.76. The van der Waals surface area contributed by atoms with Crippen LogP contribution in [0.15, 0.2) is 18.2 Å². The predicted octanol–water partition coefficient (Wildman–Crippen LogP) is 1.55. The summed E-state index contributed by atoms with van der Waals surface area (Å²) in [6.45, 7) is 8.40. The van der Waals surface area contributed by atoms with Crippen molar-refractivity contribution in [1.82, 2.24) is 10.6 Å². The highest BCUT2D eigenvalue weighted by molar-refractivity contribution is 5.43. The Bertz CT molecular complexity index is 380. The van der Waals surface area contributed by atoms with Crippen LogP contribution in [0.3, 0.4) is 0 Å². The predicted molar refractivity (Wildman–Crippen MR) is 72.3 cm³/mol. The summed E-state index contributed by atoms with van der Waals surface area (Å²) in [5.74, 6) is 1.72. The molecule has 0 unspecified atom stereocenters. The van der Waals surface area contributed by atoms with Crippen molar-refractivity contribution in [3.8, 4) is 11.5 Å². The molecule has 0 spiro atoms. The Morgan fingerprint density at radius 1 is 1.11 bits per heavy atom. The Labute approximate surface area is 109 Å². The van der Waals surface area contributed by atoms with E-state index in [1.165, 1.54) is 5.56 Å². The molecule has 2 N–H and O–H groups in total. The fourth-order valence-electron chi connectivity index (χ4n) is 1.88. The summed E-state index contributed by atoms with van der Waals surface area (Å²) >= 11 is 0. The molecule has 0 fully saturated rings. The van der Waals surface area contributed by atoms with Crippen molar-refractivity contribution in [1.29, 1.82) is 0 Å². The smallest absolute Gasteiger partial charge is 0.161 e. The van der Waals surface area contributed by atoms with Gasteiger partial charge in [-0.05, 0) is 17.7 Å². The normalized spacial score (nSPS) is 13.9. The van der Waals surface area contributed by atoms with Gasteiger partial charge >= 0.3 is 0 Å². The zero-order valence-electron chi connectivity index (χ0n) is 11.2. The number of benzene rings is 1. The number of hydrogen-bond donors (Lipinski definition) is 2. The van der Waals surface area contributed by atoms with Gasteiger partial charge in [0.1, 0.15) is 13.2 Å². The van der Waals surface area contributed by atoms with Crippen LogP contribution in [0.25, 0.3) is 0 Å². The van der Waals surface area contributed by atoms with Gasteiger partial charge in [-0.15, -0.1) is 0 Å². The highest BCUT2D eigenvalue weighted by Gasteiger charge is 2.11. The van der Waals surface area contributed by atoms with Crippen LogP contribution in [-0.4, -0.2) is 32.3 Å². The summed E-state index contributed by atoms with van der Waals surface area (Å²) < 4.78 is 11.1. The van der Waals surface area contributed by atoms with Gasteiger partial charge in [0.05, 0.1) is 0 Å². The largest absolute Gasteiger partial charge is 0.486 e. The molecule has 100 valence electrons. The molecule has 0 aliphatic carbocycles. The van der Waals surface area contributed by atoms with Gasteiger partial charge in [-0.3, -0.25) is 0 Å². The van der Waals surface area contributed by atoms with E-state index in [0.717, 1.165) is 31.1 Å². The van der Waals surface area contributed by atoms with Gasteiger partial charge in [0.25, 0.3) is 0 Å². The lowest BCUT2D eigenvalue weighted by atomic mass is 10.2. The molecule has 0 radical (unpaired) electrons. The van der Waals surface area contributed by atoms with Crippen LogP contribution in [0.4, 0.5) is 0 Å². The van der Waals surface area contributed by atoms with Gasteiger partial charge in [-0.25, -0.2) is 0 Å². The third kappa shape index (κ3) is 3.89. The van der Waals surface area contributed by atoms with E-state index in [9.17, 15) is 0 Å². The molecule has 1 aliphatic rings. The van der Waals surface area contributed by atoms with Gasteiger partial charge in [0.15, 0.2) is 11.5 Å². The summed E-state index contributed by atoms with van der Waals surface area (Å²) in [5, 5.41) is 6.78. The molecule has 0 amide bonds. The first kappa shape index (κ1) is 13.2. The van der Waals surface area contributed by atoms with Crippen LogP contribution in [0.5, 0.6) is 11.5 Å². The van der Waals surface area contributed by atoms with Crippen molar-refractivity contribution in [2.75, 3.05) is 26.3 Å². The van der Waals surface area contributed by atoms with Gasteiger partial charge in [0.2, 0.25) is 0 Å². The molecule has 1 aromatic carbocycles. The monoisotopic (exact) mass is 250 g/mol. The van der Waals surface area contributed by atoms with Crippen molar-refractivity contribution >= 4 is 0 Å². The van der Waals surface area contributed by atoms with Crippen LogP contribution >= 0.6 is 0 Å². The second-order valence-corrected chi connectivity index (χ2v) is 4.76. The van der Waals surface area contributed by atoms with E-state index in [0.29, 0.717) is 19.3 Å². The molecule has 1 aromatic rings. The number of hydrogen-bond acceptors (Lipinski definition) is 4. The van der Waals surface area contributed by atoms with Gasteiger partial charge in [0, 0.05) is 25.7 Å². The molecular weight excluding hydrogens is 228 g/mol. The molecule has 1 heterocycles. The summed E-state index contributed by atoms with van der Waals surface area (Å²) in [7, 11) is 0. The molecular formula is C14H22N2O2. The minimum Gasteiger partial charge on any atom is -0.486 e. The minimum atomic E-state index is 0.543. The van der Waals surface area contributed by atoms with E-state index in [1.54, 1.807) is 0 Å². The van der Waals surface area contributed by atoms with E-state index in [4.69, 9.17) is 9.47 Å². The summed E-state index contributed by atoms with van der Waals surface area (Å²) in [6.07, 6.45) is 0. The molecule has 18 heavy (non-hydrogen) atoms. The maximum absolute atomic E-state index is 5.56. The standard InChI is InChI=1S/C14H22N2O2/c1-11(2)16-6-5-15-10-12-3-4-13-14(9-12)18-8-7-17-13/h3-4,9,11,15-16H,5-8,10H2,1-2H3. The van der Waals surface area contributed by atoms with Crippen LogP contribution < -0.4 is 20.1 Å². The minimum absolute atomic E-state index is 0.543. The summed E-state index contributed by atoms with van der Waals surface area (Å²) in [4.78, 5) is 0. The Kier molecular flexibility index (Phi) is 4.84. The Hall–Kier alpha value is -1.26. The van der Waals surface area contributed by atoms with Crippen LogP contribution in [0.2, 0.25) is 0 Å². The Morgan fingerprint density at radius 3 is 2.67 bits per heavy atom. The topological polar surface area (TPSA) is 42.5 Å². The van der Waals surface area contributed by atoms with Gasteiger partial charge in [-0.1, -0.05) is 19.9 Å². The number of nitrogens with one attached hydrogen (secondary N) is 2. The highest BCUT2D eigenvalue weighted by atomic mass is 16.6. The molecule has 0 saturated heterocycles. The van der Waals surface area contributed by atoms with E-state index in [-0.39, 0.29) is 0 Å². The van der Waals surface area contributed by atoms with E-state index in [1.807, 2.05) is 6.07 Å². The quantitative estimate of drug-likeness (QED) is 0.752. The molecule has 4 heteroatoms. The van der Waals surface area contributed by atoms with Crippen LogP contribution in [0, 0.1) is 0 Å². The van der Waals surface area contributed by atoms with Gasteiger partial charge in [-0.2, -0.15) is 0 Å². The van der Waals surface area contributed by atoms with Crippen molar-refractivity contribution in [3.05, 3.63) is 23.8 Å². The van der Waals surface area contributed by atoms with Crippen LogP contribution in [-0.2, 0) is 6.54 Å². The zero-order valence-corrected chi connectivity index (χ0v) is 11.2. The van der Waals surface area contributed by atoms with Crippen molar-refractivity contribution in [3.63, 3.8) is 0 Å². The molecule has 0 atom stereocenters. The Balaban J connectivity index is 1.76. The fraction of sp³-hybridized carbons (Fsp3) is 0.571. The first-order valence-electron chi connectivity index (χ1n) is 6.58. The van der Waals surface area contributed by atoms with Crippen LogP contribution in [0.1, 0.15) is 19.4 Å². The highest BCUT2D eigenvalue weighted by Crippen LogP contribution is 2.30. The third-order valence-corrected chi connectivity index (χ3v) is 2.79. The maximum Gasteiger partial charge on any atom is 0.161 e. The number of fused-ring (bicyclic) bond motifs is 1. The molecule has 0 aromatic heterocycles. The van der Waals surface area contributed by atoms with Crippen molar-refractivity contribution in [2.45, 2.75) is 26.4 Å². The second kappa shape index (κ2) is 6.61. The maximum atomic E-state index is 5.56. The fourth-order valence-corrected chi connectivity index (χ4v) is 1.88. The zero-order chi connectivity index (χ0) is 12.8. The Morgan fingerprint density at radius 2 is 1.89 bits per heavy atom. The molecule has 2 rings (SSSR count).